The number of aromatic nitrogens is 2. The van der Waals surface area contributed by atoms with Crippen molar-refractivity contribution in [2.24, 2.45) is 0 Å². The Morgan fingerprint density at radius 3 is 3.00 bits per heavy atom. The van der Waals surface area contributed by atoms with E-state index in [2.05, 4.69) is 10.4 Å². The van der Waals surface area contributed by atoms with Crippen LogP contribution in [0.5, 0.6) is 0 Å². The molecule has 0 saturated carbocycles. The Balaban J connectivity index is 2.36. The Morgan fingerprint density at radius 2 is 2.50 bits per heavy atom. The van der Waals surface area contributed by atoms with E-state index in [9.17, 15) is 4.79 Å². The van der Waals surface area contributed by atoms with Crippen molar-refractivity contribution in [3.8, 4) is 0 Å². The minimum atomic E-state index is -0.00495. The van der Waals surface area contributed by atoms with E-state index >= 15 is 0 Å². The molecule has 0 aliphatic rings. The fourth-order valence-corrected chi connectivity index (χ4v) is 1.08. The predicted molar refractivity (Wildman–Crippen MR) is 45.5 cm³/mol. The molecular weight excluding hydrogens is 154 g/mol. The molecule has 0 spiro atoms. The van der Waals surface area contributed by atoms with E-state index in [-0.39, 0.29) is 11.9 Å². The lowest BCUT2D eigenvalue weighted by Crippen LogP contribution is -2.34. The van der Waals surface area contributed by atoms with Gasteiger partial charge in [0.25, 0.3) is 0 Å². The van der Waals surface area contributed by atoms with Crippen molar-refractivity contribution in [1.82, 2.24) is 15.1 Å². The zero-order valence-electron chi connectivity index (χ0n) is 7.32. The summed E-state index contributed by atoms with van der Waals surface area (Å²) in [5.41, 5.74) is 0. The van der Waals surface area contributed by atoms with Crippen LogP contribution in [0.4, 0.5) is 0 Å². The largest absolute Gasteiger partial charge is 0.352 e. The number of hydrogen-bond acceptors (Lipinski definition) is 2. The summed E-state index contributed by atoms with van der Waals surface area (Å²) in [4.78, 5) is 10.6. The van der Waals surface area contributed by atoms with Crippen LogP contribution >= 0.6 is 0 Å². The number of amides is 1. The Labute approximate surface area is 71.6 Å². The van der Waals surface area contributed by atoms with Gasteiger partial charge in [-0.1, -0.05) is 0 Å². The van der Waals surface area contributed by atoms with E-state index in [0.717, 1.165) is 0 Å². The maximum atomic E-state index is 10.6. The van der Waals surface area contributed by atoms with Crippen LogP contribution in [0.1, 0.15) is 13.8 Å². The van der Waals surface area contributed by atoms with Crippen molar-refractivity contribution < 1.29 is 4.79 Å². The van der Waals surface area contributed by atoms with Crippen LogP contribution in [-0.4, -0.2) is 21.7 Å². The van der Waals surface area contributed by atoms with Gasteiger partial charge in [-0.3, -0.25) is 9.48 Å². The molecule has 0 aromatic carbocycles. The standard InChI is InChI=1S/C8H13N3O/c1-7(10-8(2)12)6-11-5-3-4-9-11/h3-5,7H,6H2,1-2H3,(H,10,12). The smallest absolute Gasteiger partial charge is 0.217 e. The summed E-state index contributed by atoms with van der Waals surface area (Å²) in [6.45, 7) is 4.18. The number of nitrogens with one attached hydrogen (secondary N) is 1. The van der Waals surface area contributed by atoms with E-state index in [1.807, 2.05) is 19.2 Å². The monoisotopic (exact) mass is 167 g/mol. The Bertz CT molecular complexity index is 243. The molecule has 0 saturated heterocycles. The van der Waals surface area contributed by atoms with Gasteiger partial charge in [0.05, 0.1) is 6.54 Å². The molecule has 1 aromatic heterocycles. The average Bonchev–Trinajstić information content (AvgIpc) is 2.37. The summed E-state index contributed by atoms with van der Waals surface area (Å²) in [5.74, 6) is -0.00495. The zero-order valence-corrected chi connectivity index (χ0v) is 7.32. The van der Waals surface area contributed by atoms with Gasteiger partial charge >= 0.3 is 0 Å². The lowest BCUT2D eigenvalue weighted by atomic mass is 10.3. The lowest BCUT2D eigenvalue weighted by molar-refractivity contribution is -0.119. The van der Waals surface area contributed by atoms with Gasteiger partial charge in [0.1, 0.15) is 0 Å². The third kappa shape index (κ3) is 2.74. The van der Waals surface area contributed by atoms with Gasteiger partial charge in [-0.15, -0.1) is 0 Å². The Morgan fingerprint density at radius 1 is 1.75 bits per heavy atom. The minimum Gasteiger partial charge on any atom is -0.352 e. The molecule has 0 radical (unpaired) electrons. The summed E-state index contributed by atoms with van der Waals surface area (Å²) in [6.07, 6.45) is 3.60. The molecule has 0 fully saturated rings. The van der Waals surface area contributed by atoms with E-state index in [1.165, 1.54) is 6.92 Å². The van der Waals surface area contributed by atoms with Crippen molar-refractivity contribution in [3.63, 3.8) is 0 Å². The van der Waals surface area contributed by atoms with E-state index in [0.29, 0.717) is 6.54 Å². The van der Waals surface area contributed by atoms with Crippen molar-refractivity contribution in [3.05, 3.63) is 18.5 Å². The Hall–Kier alpha value is -1.32. The van der Waals surface area contributed by atoms with Gasteiger partial charge in [-0.25, -0.2) is 0 Å². The van der Waals surface area contributed by atoms with E-state index in [4.69, 9.17) is 0 Å². The van der Waals surface area contributed by atoms with Crippen LogP contribution in [0, 0.1) is 0 Å². The van der Waals surface area contributed by atoms with Crippen LogP contribution in [0.2, 0.25) is 0 Å². The second-order valence-electron chi connectivity index (χ2n) is 2.83. The first kappa shape index (κ1) is 8.77. The molecule has 4 heteroatoms. The molecule has 66 valence electrons. The third-order valence-corrected chi connectivity index (χ3v) is 1.47. The number of carbonyl (C=O) groups excluding carboxylic acids is 1. The topological polar surface area (TPSA) is 46.9 Å². The number of rotatable bonds is 3. The highest BCUT2D eigenvalue weighted by molar-refractivity contribution is 5.73. The first-order chi connectivity index (χ1) is 5.68. The normalized spacial score (nSPS) is 12.5. The van der Waals surface area contributed by atoms with E-state index < -0.39 is 0 Å². The van der Waals surface area contributed by atoms with Gasteiger partial charge in [-0.05, 0) is 13.0 Å². The van der Waals surface area contributed by atoms with Gasteiger partial charge in [0, 0.05) is 25.4 Å². The fraction of sp³-hybridized carbons (Fsp3) is 0.500. The van der Waals surface area contributed by atoms with Crippen molar-refractivity contribution >= 4 is 5.91 Å². The quantitative estimate of drug-likeness (QED) is 0.708. The number of hydrogen-bond donors (Lipinski definition) is 1. The van der Waals surface area contributed by atoms with E-state index in [1.54, 1.807) is 10.9 Å². The lowest BCUT2D eigenvalue weighted by Gasteiger charge is -2.11. The first-order valence-corrected chi connectivity index (χ1v) is 3.93. The molecule has 1 heterocycles. The van der Waals surface area contributed by atoms with Crippen LogP contribution in [-0.2, 0) is 11.3 Å². The molecule has 0 aliphatic carbocycles. The second kappa shape index (κ2) is 3.90. The minimum absolute atomic E-state index is 0.00495. The third-order valence-electron chi connectivity index (χ3n) is 1.47. The van der Waals surface area contributed by atoms with Crippen LogP contribution in [0.15, 0.2) is 18.5 Å². The maximum Gasteiger partial charge on any atom is 0.217 e. The summed E-state index contributed by atoms with van der Waals surface area (Å²) < 4.78 is 1.79. The molecule has 1 unspecified atom stereocenters. The Kier molecular flexibility index (Phi) is 2.85. The number of carbonyl (C=O) groups is 1. The van der Waals surface area contributed by atoms with Gasteiger partial charge in [-0.2, -0.15) is 5.10 Å². The molecule has 12 heavy (non-hydrogen) atoms. The molecule has 1 amide bonds. The van der Waals surface area contributed by atoms with Crippen molar-refractivity contribution in [1.29, 1.82) is 0 Å². The summed E-state index contributed by atoms with van der Waals surface area (Å²) in [7, 11) is 0. The van der Waals surface area contributed by atoms with Gasteiger partial charge in [0.15, 0.2) is 0 Å². The number of nitrogens with zero attached hydrogens (tertiary/aromatic N) is 2. The molecule has 4 nitrogen and oxygen atoms in total. The SMILES string of the molecule is CC(=O)NC(C)Cn1cccn1. The van der Waals surface area contributed by atoms with Crippen LogP contribution in [0.25, 0.3) is 0 Å². The molecule has 1 atom stereocenters. The molecular formula is C8H13N3O. The molecule has 0 bridgehead atoms. The van der Waals surface area contributed by atoms with Crippen molar-refractivity contribution in [2.45, 2.75) is 26.4 Å². The molecule has 1 N–H and O–H groups in total. The maximum absolute atomic E-state index is 10.6. The van der Waals surface area contributed by atoms with Crippen LogP contribution in [0.3, 0.4) is 0 Å². The summed E-state index contributed by atoms with van der Waals surface area (Å²) in [5, 5.41) is 6.81. The zero-order chi connectivity index (χ0) is 8.97. The first-order valence-electron chi connectivity index (χ1n) is 3.93. The second-order valence-corrected chi connectivity index (χ2v) is 2.83. The highest BCUT2D eigenvalue weighted by Crippen LogP contribution is 1.89. The molecule has 1 rings (SSSR count). The fourth-order valence-electron chi connectivity index (χ4n) is 1.08. The predicted octanol–water partition coefficient (Wildman–Crippen LogP) is 0.408. The highest BCUT2D eigenvalue weighted by atomic mass is 16.1. The van der Waals surface area contributed by atoms with Gasteiger partial charge in [0.2, 0.25) is 5.91 Å². The average molecular weight is 167 g/mol. The summed E-state index contributed by atoms with van der Waals surface area (Å²) in [6, 6.07) is 1.99. The molecule has 0 aliphatic heterocycles. The molecule has 1 aromatic rings. The van der Waals surface area contributed by atoms with Crippen LogP contribution < -0.4 is 5.32 Å². The highest BCUT2D eigenvalue weighted by Gasteiger charge is 2.02. The van der Waals surface area contributed by atoms with Crippen molar-refractivity contribution in [2.75, 3.05) is 0 Å². The van der Waals surface area contributed by atoms with Gasteiger partial charge < -0.3 is 5.32 Å². The summed E-state index contributed by atoms with van der Waals surface area (Å²) >= 11 is 0.